The lowest BCUT2D eigenvalue weighted by molar-refractivity contribution is -0.156. The zero-order valence-corrected chi connectivity index (χ0v) is 53.8. The van der Waals surface area contributed by atoms with Gasteiger partial charge in [0.05, 0.1) is 31.7 Å². The van der Waals surface area contributed by atoms with Crippen LogP contribution in [0.4, 0.5) is 0 Å². The fraction of sp³-hybridized carbons (Fsp3) is 0.986. The van der Waals surface area contributed by atoms with Crippen LogP contribution in [0.1, 0.15) is 297 Å². The molecule has 466 valence electrons. The molecule has 6 aliphatic carbocycles. The smallest absolute Gasteiger partial charge is 0.307 e. The van der Waals surface area contributed by atoms with E-state index in [0.717, 1.165) is 143 Å². The molecule has 0 bridgehead atoms. The van der Waals surface area contributed by atoms with Gasteiger partial charge >= 0.3 is 5.97 Å². The molecule has 1 heterocycles. The average Bonchev–Trinajstić information content (AvgIpc) is 4.20. The van der Waals surface area contributed by atoms with Crippen LogP contribution in [-0.2, 0) is 23.7 Å². The number of nitrogens with zero attached hydrogens (tertiary/aromatic N) is 2. The van der Waals surface area contributed by atoms with Gasteiger partial charge in [-0.2, -0.15) is 0 Å². The van der Waals surface area contributed by atoms with Crippen molar-refractivity contribution >= 4 is 5.97 Å². The number of hydrogen-bond acceptors (Lipinski definition) is 7. The first-order chi connectivity index (χ1) is 39.3. The highest BCUT2D eigenvalue weighted by Crippen LogP contribution is 2.57. The summed E-state index contributed by atoms with van der Waals surface area (Å²) in [6.45, 7) is 16.1. The van der Waals surface area contributed by atoms with Crippen LogP contribution in [0.3, 0.4) is 0 Å². The average molecular weight is 1120 g/mol. The van der Waals surface area contributed by atoms with E-state index in [-0.39, 0.29) is 5.97 Å². The molecular formula is C73H134N2O5. The Morgan fingerprint density at radius 1 is 0.362 bits per heavy atom. The van der Waals surface area contributed by atoms with E-state index in [9.17, 15) is 4.79 Å². The van der Waals surface area contributed by atoms with E-state index in [1.54, 1.807) is 38.5 Å². The molecule has 7 aliphatic rings. The van der Waals surface area contributed by atoms with E-state index in [0.29, 0.717) is 32.8 Å². The Morgan fingerprint density at radius 3 is 0.963 bits per heavy atom. The third kappa shape index (κ3) is 28.6. The van der Waals surface area contributed by atoms with Crippen molar-refractivity contribution in [2.45, 2.75) is 297 Å². The molecule has 1 aliphatic heterocycles. The highest BCUT2D eigenvalue weighted by molar-refractivity contribution is 5.69. The summed E-state index contributed by atoms with van der Waals surface area (Å²) in [6.07, 6.45) is 59.6. The Kier molecular flexibility index (Phi) is 32.7. The maximum atomic E-state index is 13.4. The lowest BCUT2D eigenvalue weighted by Crippen LogP contribution is -2.45. The molecule has 1 saturated heterocycles. The standard InChI is InChI=1S/C73H134N2O5/c1-5-8-23-32-60-47-66(60)53-69-50-63(69)35-26-17-11-14-20-29-44-77-56-73(59-80-72(76)38-39-75-42-40-74(4)41-43-75,57-78-45-30-21-15-12-18-27-36-64-51-70(64)54-67-48-61(67)33-24-9-6-2)58-79-46-31-22-16-13-19-28-37-65-52-71(65)55-68-49-62(68)34-25-10-7-3/h60-71H,5-59H2,1-4H3. The van der Waals surface area contributed by atoms with Crippen molar-refractivity contribution < 1.29 is 23.7 Å². The second-order valence-electron chi connectivity index (χ2n) is 29.7. The third-order valence-corrected chi connectivity index (χ3v) is 22.1. The molecule has 80 heavy (non-hydrogen) atoms. The van der Waals surface area contributed by atoms with Crippen LogP contribution in [0.2, 0.25) is 0 Å². The molecule has 12 unspecified atom stereocenters. The first-order valence-electron chi connectivity index (χ1n) is 36.6. The molecule has 7 fully saturated rings. The second kappa shape index (κ2) is 39.1. The number of piperazine rings is 1. The van der Waals surface area contributed by atoms with Crippen molar-refractivity contribution in [3.05, 3.63) is 0 Å². The molecular weight excluding hydrogens is 985 g/mol. The number of hydrogen-bond donors (Lipinski definition) is 0. The SMILES string of the molecule is CCCCCC1CC1CC1CC1CCCCCCCCOCC(COCCCCCCCCC1CC1CC1CC1CCCCC)(COCCCCCCCCC1CC1CC1CC1CCCCC)COC(=O)CCN1CCN(C)CC1. The van der Waals surface area contributed by atoms with Crippen molar-refractivity contribution in [3.63, 3.8) is 0 Å². The highest BCUT2D eigenvalue weighted by Gasteiger charge is 2.47. The number of rotatable bonds is 56. The van der Waals surface area contributed by atoms with Gasteiger partial charge in [-0.15, -0.1) is 0 Å². The summed E-state index contributed by atoms with van der Waals surface area (Å²) in [5, 5.41) is 0. The number of carbonyl (C=O) groups is 1. The molecule has 12 atom stereocenters. The summed E-state index contributed by atoms with van der Waals surface area (Å²) >= 11 is 0. The summed E-state index contributed by atoms with van der Waals surface area (Å²) in [5.74, 6) is 12.8. The Bertz CT molecular complexity index is 1420. The van der Waals surface area contributed by atoms with Crippen LogP contribution < -0.4 is 0 Å². The molecule has 6 saturated carbocycles. The molecule has 0 radical (unpaired) electrons. The summed E-state index contributed by atoms with van der Waals surface area (Å²) in [4.78, 5) is 18.2. The molecule has 7 rings (SSSR count). The molecule has 7 nitrogen and oxygen atoms in total. The number of ether oxygens (including phenoxy) is 4. The molecule has 7 heteroatoms. The van der Waals surface area contributed by atoms with Crippen LogP contribution >= 0.6 is 0 Å². The van der Waals surface area contributed by atoms with Gasteiger partial charge in [-0.1, -0.05) is 213 Å². The van der Waals surface area contributed by atoms with Crippen LogP contribution in [-0.4, -0.2) is 102 Å². The van der Waals surface area contributed by atoms with E-state index in [2.05, 4.69) is 37.6 Å². The monoisotopic (exact) mass is 1120 g/mol. The van der Waals surface area contributed by atoms with E-state index in [4.69, 9.17) is 18.9 Å². The maximum Gasteiger partial charge on any atom is 0.307 e. The second-order valence-corrected chi connectivity index (χ2v) is 29.7. The molecule has 0 N–H and O–H groups in total. The highest BCUT2D eigenvalue weighted by atomic mass is 16.5. The molecule has 0 spiro atoms. The predicted molar refractivity (Wildman–Crippen MR) is 337 cm³/mol. The largest absolute Gasteiger partial charge is 0.465 e. The maximum absolute atomic E-state index is 13.4. The Morgan fingerprint density at radius 2 is 0.650 bits per heavy atom. The Labute approximate surface area is 496 Å². The molecule has 0 aromatic rings. The van der Waals surface area contributed by atoms with Crippen LogP contribution in [0.25, 0.3) is 0 Å². The van der Waals surface area contributed by atoms with E-state index < -0.39 is 5.41 Å². The lowest BCUT2D eigenvalue weighted by Gasteiger charge is -2.33. The van der Waals surface area contributed by atoms with Crippen LogP contribution in [0.5, 0.6) is 0 Å². The summed E-state index contributed by atoms with van der Waals surface area (Å²) in [5.41, 5.74) is -0.494. The van der Waals surface area contributed by atoms with Gasteiger partial charge in [-0.3, -0.25) is 4.79 Å². The minimum absolute atomic E-state index is 0.0991. The summed E-state index contributed by atoms with van der Waals surface area (Å²) < 4.78 is 26.0. The molecule has 0 aromatic heterocycles. The van der Waals surface area contributed by atoms with Crippen molar-refractivity contribution in [3.8, 4) is 0 Å². The van der Waals surface area contributed by atoms with Crippen LogP contribution in [0.15, 0.2) is 0 Å². The Hall–Kier alpha value is -0.730. The van der Waals surface area contributed by atoms with Crippen molar-refractivity contribution in [2.75, 3.05) is 86.0 Å². The van der Waals surface area contributed by atoms with Crippen molar-refractivity contribution in [1.29, 1.82) is 0 Å². The zero-order chi connectivity index (χ0) is 55.9. The fourth-order valence-corrected chi connectivity index (χ4v) is 15.5. The number of unbranched alkanes of at least 4 members (excludes halogenated alkanes) is 21. The van der Waals surface area contributed by atoms with Gasteiger partial charge in [0.15, 0.2) is 0 Å². The molecule has 0 aromatic carbocycles. The van der Waals surface area contributed by atoms with Gasteiger partial charge in [0, 0.05) is 52.5 Å². The minimum Gasteiger partial charge on any atom is -0.465 e. The number of esters is 1. The summed E-state index contributed by atoms with van der Waals surface area (Å²) in [6, 6.07) is 0. The van der Waals surface area contributed by atoms with Gasteiger partial charge in [0.2, 0.25) is 0 Å². The number of carbonyl (C=O) groups excluding carboxylic acids is 1. The fourth-order valence-electron chi connectivity index (χ4n) is 15.5. The van der Waals surface area contributed by atoms with Gasteiger partial charge in [-0.05, 0) is 155 Å². The third-order valence-electron chi connectivity index (χ3n) is 22.1. The molecule has 0 amide bonds. The van der Waals surface area contributed by atoms with E-state index >= 15 is 0 Å². The van der Waals surface area contributed by atoms with E-state index in [1.807, 2.05) is 0 Å². The Balaban J connectivity index is 0.770. The number of likely N-dealkylation sites (N-methyl/N-ethyl adjacent to an activating group) is 1. The van der Waals surface area contributed by atoms with E-state index in [1.165, 1.54) is 212 Å². The minimum atomic E-state index is -0.494. The predicted octanol–water partition coefficient (Wildman–Crippen LogP) is 19.1. The normalized spacial score (nSPS) is 29.4. The van der Waals surface area contributed by atoms with Gasteiger partial charge in [0.1, 0.15) is 6.61 Å². The zero-order valence-electron chi connectivity index (χ0n) is 53.8. The van der Waals surface area contributed by atoms with Gasteiger partial charge < -0.3 is 28.7 Å². The van der Waals surface area contributed by atoms with Gasteiger partial charge in [-0.25, -0.2) is 0 Å². The quantitative estimate of drug-likeness (QED) is 0.0444. The van der Waals surface area contributed by atoms with Crippen molar-refractivity contribution in [1.82, 2.24) is 9.80 Å². The first kappa shape index (κ1) is 66.8. The first-order valence-corrected chi connectivity index (χ1v) is 36.6. The summed E-state index contributed by atoms with van der Waals surface area (Å²) in [7, 11) is 2.19. The van der Waals surface area contributed by atoms with Gasteiger partial charge in [0.25, 0.3) is 0 Å². The van der Waals surface area contributed by atoms with Crippen molar-refractivity contribution in [2.24, 2.45) is 76.4 Å². The van der Waals surface area contributed by atoms with Crippen LogP contribution in [0, 0.1) is 76.4 Å². The lowest BCUT2D eigenvalue weighted by atomic mass is 9.92. The topological polar surface area (TPSA) is 60.5 Å².